The lowest BCUT2D eigenvalue weighted by Crippen LogP contribution is -2.34. The predicted molar refractivity (Wildman–Crippen MR) is 84.3 cm³/mol. The SMILES string of the molecule is COc1cc(NC(=O)C2=NN(C)C(=O)CC2)ccc1NC(N)=O. The predicted octanol–water partition coefficient (Wildman–Crippen LogP) is 0.733. The van der Waals surface area contributed by atoms with Crippen molar-refractivity contribution >= 4 is 34.9 Å². The van der Waals surface area contributed by atoms with Crippen LogP contribution in [0.1, 0.15) is 12.8 Å². The Kier molecular flexibility index (Phi) is 4.79. The van der Waals surface area contributed by atoms with Crippen LogP contribution in [-0.2, 0) is 9.59 Å². The quantitative estimate of drug-likeness (QED) is 0.756. The summed E-state index contributed by atoms with van der Waals surface area (Å²) in [4.78, 5) is 34.4. The summed E-state index contributed by atoms with van der Waals surface area (Å²) in [6, 6.07) is 3.97. The van der Waals surface area contributed by atoms with Crippen molar-refractivity contribution in [2.24, 2.45) is 10.8 Å². The molecular formula is C14H17N5O4. The largest absolute Gasteiger partial charge is 0.494 e. The Hall–Kier alpha value is -3.10. The number of amides is 4. The Balaban J connectivity index is 2.14. The number of methoxy groups -OCH3 is 1. The van der Waals surface area contributed by atoms with E-state index in [9.17, 15) is 14.4 Å². The summed E-state index contributed by atoms with van der Waals surface area (Å²) < 4.78 is 5.14. The Bertz CT molecular complexity index is 686. The molecule has 9 heteroatoms. The molecule has 0 bridgehead atoms. The van der Waals surface area contributed by atoms with Crippen molar-refractivity contribution in [3.05, 3.63) is 18.2 Å². The number of nitrogens with zero attached hydrogens (tertiary/aromatic N) is 2. The molecule has 0 atom stereocenters. The number of carbonyl (C=O) groups is 3. The highest BCUT2D eigenvalue weighted by Crippen LogP contribution is 2.28. The summed E-state index contributed by atoms with van der Waals surface area (Å²) in [7, 11) is 2.93. The molecular weight excluding hydrogens is 302 g/mol. The molecule has 0 fully saturated rings. The lowest BCUT2D eigenvalue weighted by molar-refractivity contribution is -0.130. The van der Waals surface area contributed by atoms with Gasteiger partial charge in [0.2, 0.25) is 5.91 Å². The number of carbonyl (C=O) groups excluding carboxylic acids is 3. The number of nitrogens with one attached hydrogen (secondary N) is 2. The Morgan fingerprint density at radius 2 is 2.04 bits per heavy atom. The first kappa shape index (κ1) is 16.3. The average Bonchev–Trinajstić information content (AvgIpc) is 2.50. The number of nitrogens with two attached hydrogens (primary N) is 1. The maximum absolute atomic E-state index is 12.2. The molecule has 0 radical (unpaired) electrons. The number of urea groups is 1. The van der Waals surface area contributed by atoms with Crippen LogP contribution in [0.15, 0.2) is 23.3 Å². The maximum atomic E-state index is 12.2. The van der Waals surface area contributed by atoms with E-state index in [-0.39, 0.29) is 24.5 Å². The highest BCUT2D eigenvalue weighted by molar-refractivity contribution is 6.43. The smallest absolute Gasteiger partial charge is 0.316 e. The van der Waals surface area contributed by atoms with Crippen LogP contribution in [0.5, 0.6) is 5.75 Å². The van der Waals surface area contributed by atoms with Gasteiger partial charge in [0.15, 0.2) is 0 Å². The summed E-state index contributed by atoms with van der Waals surface area (Å²) in [5.41, 5.74) is 6.18. The molecule has 1 aromatic rings. The molecule has 1 aromatic carbocycles. The lowest BCUT2D eigenvalue weighted by Gasteiger charge is -2.19. The molecule has 9 nitrogen and oxygen atoms in total. The third-order valence-electron chi connectivity index (χ3n) is 3.19. The van der Waals surface area contributed by atoms with Gasteiger partial charge in [-0.2, -0.15) is 5.10 Å². The van der Waals surface area contributed by atoms with Crippen LogP contribution in [-0.4, -0.2) is 42.7 Å². The zero-order valence-electron chi connectivity index (χ0n) is 12.8. The summed E-state index contributed by atoms with van der Waals surface area (Å²) in [6.07, 6.45) is 0.529. The summed E-state index contributed by atoms with van der Waals surface area (Å²) in [5, 5.41) is 10.2. The first-order chi connectivity index (χ1) is 10.9. The van der Waals surface area contributed by atoms with E-state index in [0.717, 1.165) is 5.01 Å². The van der Waals surface area contributed by atoms with E-state index in [0.29, 0.717) is 17.1 Å². The van der Waals surface area contributed by atoms with Crippen LogP contribution in [0, 0.1) is 0 Å². The van der Waals surface area contributed by atoms with E-state index in [1.807, 2.05) is 0 Å². The monoisotopic (exact) mass is 319 g/mol. The van der Waals surface area contributed by atoms with E-state index >= 15 is 0 Å². The Labute approximate surface area is 132 Å². The highest BCUT2D eigenvalue weighted by Gasteiger charge is 2.22. The molecule has 0 aliphatic carbocycles. The number of primary amides is 1. The molecule has 4 amide bonds. The van der Waals surface area contributed by atoms with Crippen molar-refractivity contribution in [2.75, 3.05) is 24.8 Å². The first-order valence-electron chi connectivity index (χ1n) is 6.80. The van der Waals surface area contributed by atoms with E-state index in [1.54, 1.807) is 18.2 Å². The van der Waals surface area contributed by atoms with Gasteiger partial charge in [-0.05, 0) is 12.1 Å². The molecule has 0 saturated carbocycles. The summed E-state index contributed by atoms with van der Waals surface area (Å²) >= 11 is 0. The minimum atomic E-state index is -0.718. The van der Waals surface area contributed by atoms with Gasteiger partial charge in [0.05, 0.1) is 12.8 Å². The number of hydrazone groups is 1. The molecule has 0 saturated heterocycles. The van der Waals surface area contributed by atoms with Gasteiger partial charge in [0.1, 0.15) is 11.5 Å². The fourth-order valence-corrected chi connectivity index (χ4v) is 2.04. The highest BCUT2D eigenvalue weighted by atomic mass is 16.5. The number of anilines is 2. The number of rotatable bonds is 4. The normalized spacial score (nSPS) is 14.1. The second-order valence-corrected chi connectivity index (χ2v) is 4.82. The maximum Gasteiger partial charge on any atom is 0.316 e. The van der Waals surface area contributed by atoms with Gasteiger partial charge in [0, 0.05) is 31.6 Å². The second-order valence-electron chi connectivity index (χ2n) is 4.82. The fraction of sp³-hybridized carbons (Fsp3) is 0.286. The third-order valence-corrected chi connectivity index (χ3v) is 3.19. The molecule has 0 aromatic heterocycles. The molecule has 0 unspecified atom stereocenters. The molecule has 1 aliphatic rings. The van der Waals surface area contributed by atoms with Crippen LogP contribution in [0.25, 0.3) is 0 Å². The van der Waals surface area contributed by atoms with Gasteiger partial charge in [0.25, 0.3) is 5.91 Å². The molecule has 1 aliphatic heterocycles. The third kappa shape index (κ3) is 3.96. The molecule has 122 valence electrons. The molecule has 1 heterocycles. The molecule has 4 N–H and O–H groups in total. The average molecular weight is 319 g/mol. The number of benzene rings is 1. The van der Waals surface area contributed by atoms with Crippen molar-refractivity contribution in [3.63, 3.8) is 0 Å². The standard InChI is InChI=1S/C14H17N5O4/c1-19-12(20)6-5-10(18-19)13(21)16-8-3-4-9(17-14(15)22)11(7-8)23-2/h3-4,7H,5-6H2,1-2H3,(H,16,21)(H3,15,17,22). The van der Waals surface area contributed by atoms with Crippen LogP contribution in [0.3, 0.4) is 0 Å². The van der Waals surface area contributed by atoms with Gasteiger partial charge >= 0.3 is 6.03 Å². The van der Waals surface area contributed by atoms with Gasteiger partial charge in [-0.15, -0.1) is 0 Å². The summed E-state index contributed by atoms with van der Waals surface area (Å²) in [6.45, 7) is 0. The topological polar surface area (TPSA) is 126 Å². The zero-order valence-corrected chi connectivity index (χ0v) is 12.8. The van der Waals surface area contributed by atoms with Crippen molar-refractivity contribution in [1.82, 2.24) is 5.01 Å². The van der Waals surface area contributed by atoms with Gasteiger partial charge < -0.3 is 21.1 Å². The number of ether oxygens (including phenoxy) is 1. The first-order valence-corrected chi connectivity index (χ1v) is 6.80. The second kappa shape index (κ2) is 6.77. The van der Waals surface area contributed by atoms with E-state index in [4.69, 9.17) is 10.5 Å². The van der Waals surface area contributed by atoms with Gasteiger partial charge in [-0.25, -0.2) is 9.80 Å². The number of hydrogen-bond acceptors (Lipinski definition) is 5. The fourth-order valence-electron chi connectivity index (χ4n) is 2.04. The van der Waals surface area contributed by atoms with Crippen molar-refractivity contribution in [3.8, 4) is 5.75 Å². The van der Waals surface area contributed by atoms with E-state index < -0.39 is 11.9 Å². The Morgan fingerprint density at radius 3 is 2.65 bits per heavy atom. The molecule has 23 heavy (non-hydrogen) atoms. The van der Waals surface area contributed by atoms with Crippen LogP contribution >= 0.6 is 0 Å². The Morgan fingerprint density at radius 1 is 1.30 bits per heavy atom. The van der Waals surface area contributed by atoms with Crippen LogP contribution < -0.4 is 21.1 Å². The van der Waals surface area contributed by atoms with Gasteiger partial charge in [-0.1, -0.05) is 0 Å². The minimum absolute atomic E-state index is 0.134. The van der Waals surface area contributed by atoms with Gasteiger partial charge in [-0.3, -0.25) is 9.59 Å². The lowest BCUT2D eigenvalue weighted by atomic mass is 10.1. The molecule has 0 spiro atoms. The van der Waals surface area contributed by atoms with E-state index in [1.165, 1.54) is 14.2 Å². The summed E-state index contributed by atoms with van der Waals surface area (Å²) in [5.74, 6) is -0.188. The van der Waals surface area contributed by atoms with Crippen molar-refractivity contribution < 1.29 is 19.1 Å². The van der Waals surface area contributed by atoms with Crippen LogP contribution in [0.4, 0.5) is 16.2 Å². The zero-order chi connectivity index (χ0) is 17.0. The minimum Gasteiger partial charge on any atom is -0.494 e. The number of hydrogen-bond donors (Lipinski definition) is 3. The van der Waals surface area contributed by atoms with E-state index in [2.05, 4.69) is 15.7 Å². The van der Waals surface area contributed by atoms with Crippen LogP contribution in [0.2, 0.25) is 0 Å². The van der Waals surface area contributed by atoms with Crippen molar-refractivity contribution in [1.29, 1.82) is 0 Å². The molecule has 2 rings (SSSR count). The van der Waals surface area contributed by atoms with Crippen molar-refractivity contribution in [2.45, 2.75) is 12.8 Å².